The number of ether oxygens (including phenoxy) is 2. The second-order valence-corrected chi connectivity index (χ2v) is 5.44. The summed E-state index contributed by atoms with van der Waals surface area (Å²) in [6.45, 7) is 2.72. The number of carbonyl (C=O) groups excluding carboxylic acids is 1. The lowest BCUT2D eigenvalue weighted by atomic mass is 10.2. The molecule has 0 spiro atoms. The van der Waals surface area contributed by atoms with Gasteiger partial charge in [-0.25, -0.2) is 9.48 Å². The van der Waals surface area contributed by atoms with Crippen molar-refractivity contribution < 1.29 is 14.3 Å². The van der Waals surface area contributed by atoms with E-state index < -0.39 is 5.97 Å². The monoisotopic (exact) mass is 311 g/mol. The number of aromatic nitrogens is 2. The van der Waals surface area contributed by atoms with Crippen molar-refractivity contribution in [2.24, 2.45) is 5.92 Å². The van der Waals surface area contributed by atoms with Crippen LogP contribution in [0.4, 0.5) is 0 Å². The number of nitriles is 1. The first kappa shape index (κ1) is 15.1. The van der Waals surface area contributed by atoms with Crippen molar-refractivity contribution in [3.63, 3.8) is 0 Å². The zero-order valence-electron chi connectivity index (χ0n) is 12.9. The van der Waals surface area contributed by atoms with Crippen LogP contribution in [0.5, 0.6) is 5.75 Å². The molecule has 0 unspecified atom stereocenters. The SMILES string of the molecule is CCOC(=O)c1cnn(-c2ccc(OCC3CC3)c(C#N)c2)c1. The fraction of sp³-hybridized carbons (Fsp3) is 0.353. The maximum atomic E-state index is 11.7. The summed E-state index contributed by atoms with van der Waals surface area (Å²) in [4.78, 5) is 11.7. The molecule has 6 heteroatoms. The van der Waals surface area contributed by atoms with E-state index in [1.807, 2.05) is 6.07 Å². The van der Waals surface area contributed by atoms with E-state index in [4.69, 9.17) is 9.47 Å². The van der Waals surface area contributed by atoms with Gasteiger partial charge in [-0.2, -0.15) is 10.4 Å². The second kappa shape index (κ2) is 6.53. The van der Waals surface area contributed by atoms with Crippen LogP contribution in [0.1, 0.15) is 35.7 Å². The van der Waals surface area contributed by atoms with Crippen LogP contribution >= 0.6 is 0 Å². The number of benzene rings is 1. The molecular formula is C17H17N3O3. The molecule has 1 aromatic carbocycles. The fourth-order valence-electron chi connectivity index (χ4n) is 2.15. The number of esters is 1. The van der Waals surface area contributed by atoms with Crippen LogP contribution in [0.2, 0.25) is 0 Å². The van der Waals surface area contributed by atoms with Crippen LogP contribution in [-0.2, 0) is 4.74 Å². The Morgan fingerprint density at radius 1 is 1.48 bits per heavy atom. The Morgan fingerprint density at radius 2 is 2.30 bits per heavy atom. The molecule has 3 rings (SSSR count). The van der Waals surface area contributed by atoms with E-state index >= 15 is 0 Å². The smallest absolute Gasteiger partial charge is 0.341 e. The molecule has 1 heterocycles. The first-order valence-electron chi connectivity index (χ1n) is 7.60. The fourth-order valence-corrected chi connectivity index (χ4v) is 2.15. The number of hydrogen-bond donors (Lipinski definition) is 0. The Morgan fingerprint density at radius 3 is 3.00 bits per heavy atom. The lowest BCUT2D eigenvalue weighted by Gasteiger charge is -2.09. The molecule has 0 aliphatic heterocycles. The quantitative estimate of drug-likeness (QED) is 0.767. The summed E-state index contributed by atoms with van der Waals surface area (Å²) in [5.41, 5.74) is 1.52. The van der Waals surface area contributed by atoms with Gasteiger partial charge >= 0.3 is 5.97 Å². The minimum Gasteiger partial charge on any atom is -0.492 e. The van der Waals surface area contributed by atoms with Gasteiger partial charge in [-0.1, -0.05) is 0 Å². The normalized spacial score (nSPS) is 13.4. The Bertz CT molecular complexity index is 757. The first-order valence-corrected chi connectivity index (χ1v) is 7.60. The molecule has 23 heavy (non-hydrogen) atoms. The summed E-state index contributed by atoms with van der Waals surface area (Å²) in [6, 6.07) is 7.42. The number of carbonyl (C=O) groups is 1. The lowest BCUT2D eigenvalue weighted by molar-refractivity contribution is 0.0526. The molecule has 1 aromatic heterocycles. The summed E-state index contributed by atoms with van der Waals surface area (Å²) in [5.74, 6) is 0.795. The molecule has 0 saturated heterocycles. The molecule has 1 saturated carbocycles. The predicted molar refractivity (Wildman–Crippen MR) is 82.5 cm³/mol. The molecule has 0 amide bonds. The van der Waals surface area contributed by atoms with Gasteiger partial charge in [0.1, 0.15) is 11.8 Å². The van der Waals surface area contributed by atoms with Crippen molar-refractivity contribution in [1.82, 2.24) is 9.78 Å². The largest absolute Gasteiger partial charge is 0.492 e. The van der Waals surface area contributed by atoms with Crippen LogP contribution in [0.3, 0.4) is 0 Å². The first-order chi connectivity index (χ1) is 11.2. The van der Waals surface area contributed by atoms with E-state index in [-0.39, 0.29) is 0 Å². The molecule has 118 valence electrons. The van der Waals surface area contributed by atoms with Crippen LogP contribution in [0.15, 0.2) is 30.6 Å². The van der Waals surface area contributed by atoms with Crippen LogP contribution in [0, 0.1) is 17.2 Å². The minimum atomic E-state index is -0.413. The van der Waals surface area contributed by atoms with E-state index in [1.54, 1.807) is 25.3 Å². The van der Waals surface area contributed by atoms with Gasteiger partial charge in [-0.3, -0.25) is 0 Å². The van der Waals surface area contributed by atoms with Gasteiger partial charge in [0.15, 0.2) is 0 Å². The highest BCUT2D eigenvalue weighted by Crippen LogP contribution is 2.30. The van der Waals surface area contributed by atoms with Crippen molar-refractivity contribution in [3.05, 3.63) is 41.7 Å². The van der Waals surface area contributed by atoms with Crippen LogP contribution in [-0.4, -0.2) is 29.0 Å². The van der Waals surface area contributed by atoms with E-state index in [1.165, 1.54) is 23.7 Å². The molecule has 0 radical (unpaired) electrons. The van der Waals surface area contributed by atoms with Gasteiger partial charge in [0.05, 0.1) is 36.2 Å². The van der Waals surface area contributed by atoms with Gasteiger partial charge in [0.2, 0.25) is 0 Å². The van der Waals surface area contributed by atoms with Crippen LogP contribution in [0.25, 0.3) is 5.69 Å². The average Bonchev–Trinajstić information content (AvgIpc) is 3.26. The number of hydrogen-bond acceptors (Lipinski definition) is 5. The van der Waals surface area contributed by atoms with Gasteiger partial charge in [-0.05, 0) is 43.9 Å². The highest BCUT2D eigenvalue weighted by Gasteiger charge is 2.22. The van der Waals surface area contributed by atoms with Crippen molar-refractivity contribution in [1.29, 1.82) is 5.26 Å². The van der Waals surface area contributed by atoms with Crippen molar-refractivity contribution in [2.75, 3.05) is 13.2 Å². The summed E-state index contributed by atoms with van der Waals surface area (Å²) in [5, 5.41) is 13.4. The third-order valence-electron chi connectivity index (χ3n) is 3.61. The number of rotatable bonds is 6. The average molecular weight is 311 g/mol. The zero-order valence-corrected chi connectivity index (χ0v) is 12.9. The summed E-state index contributed by atoms with van der Waals surface area (Å²) in [7, 11) is 0. The van der Waals surface area contributed by atoms with E-state index in [0.29, 0.717) is 41.7 Å². The van der Waals surface area contributed by atoms with Gasteiger partial charge in [0.25, 0.3) is 0 Å². The van der Waals surface area contributed by atoms with E-state index in [2.05, 4.69) is 11.2 Å². The molecule has 0 atom stereocenters. The molecule has 1 aliphatic rings. The van der Waals surface area contributed by atoms with Gasteiger partial charge in [-0.15, -0.1) is 0 Å². The minimum absolute atomic E-state index is 0.315. The molecule has 1 fully saturated rings. The summed E-state index contributed by atoms with van der Waals surface area (Å²) in [6.07, 6.45) is 5.43. The van der Waals surface area contributed by atoms with E-state index in [0.717, 1.165) is 0 Å². The molecule has 6 nitrogen and oxygen atoms in total. The van der Waals surface area contributed by atoms with Crippen molar-refractivity contribution in [3.8, 4) is 17.5 Å². The maximum Gasteiger partial charge on any atom is 0.341 e. The van der Waals surface area contributed by atoms with Crippen LogP contribution < -0.4 is 4.74 Å². The predicted octanol–water partition coefficient (Wildman–Crippen LogP) is 2.71. The Kier molecular flexibility index (Phi) is 4.29. The zero-order chi connectivity index (χ0) is 16.2. The summed E-state index contributed by atoms with van der Waals surface area (Å²) >= 11 is 0. The molecule has 0 N–H and O–H groups in total. The molecule has 0 bridgehead atoms. The van der Waals surface area contributed by atoms with Crippen molar-refractivity contribution >= 4 is 5.97 Å². The third kappa shape index (κ3) is 3.51. The molecule has 1 aliphatic carbocycles. The lowest BCUT2D eigenvalue weighted by Crippen LogP contribution is -2.03. The third-order valence-corrected chi connectivity index (χ3v) is 3.61. The number of nitrogens with zero attached hydrogens (tertiary/aromatic N) is 3. The molecule has 2 aromatic rings. The van der Waals surface area contributed by atoms with Gasteiger partial charge in [0, 0.05) is 6.20 Å². The highest BCUT2D eigenvalue weighted by molar-refractivity contribution is 5.88. The van der Waals surface area contributed by atoms with Crippen molar-refractivity contribution in [2.45, 2.75) is 19.8 Å². The Hall–Kier alpha value is -2.81. The second-order valence-electron chi connectivity index (χ2n) is 5.44. The van der Waals surface area contributed by atoms with Gasteiger partial charge < -0.3 is 9.47 Å². The Labute approximate surface area is 134 Å². The maximum absolute atomic E-state index is 11.7. The Balaban J connectivity index is 1.79. The highest BCUT2D eigenvalue weighted by atomic mass is 16.5. The standard InChI is InChI=1S/C17H17N3O3/c1-2-22-17(21)14-9-19-20(10-14)15-5-6-16(13(7-15)8-18)23-11-12-3-4-12/h5-7,9-10,12H,2-4,11H2,1H3. The summed E-state index contributed by atoms with van der Waals surface area (Å²) < 4.78 is 12.2. The topological polar surface area (TPSA) is 77.1 Å². The molecular weight excluding hydrogens is 294 g/mol. The van der Waals surface area contributed by atoms with E-state index in [9.17, 15) is 10.1 Å².